The molecule has 6 nitrogen and oxygen atoms in total. The lowest BCUT2D eigenvalue weighted by atomic mass is 10.1. The lowest BCUT2D eigenvalue weighted by Gasteiger charge is -2.20. The first kappa shape index (κ1) is 16.9. The van der Waals surface area contributed by atoms with Crippen LogP contribution in [0.4, 0.5) is 0 Å². The van der Waals surface area contributed by atoms with Crippen molar-refractivity contribution >= 4 is 5.91 Å². The molecule has 2 rings (SSSR count). The van der Waals surface area contributed by atoms with E-state index in [0.717, 1.165) is 6.42 Å². The van der Waals surface area contributed by atoms with Crippen LogP contribution in [0.15, 0.2) is 30.3 Å². The molecule has 1 aromatic rings. The van der Waals surface area contributed by atoms with E-state index in [1.807, 2.05) is 30.3 Å². The molecule has 0 radical (unpaired) electrons. The molecule has 4 atom stereocenters. The number of hydrogen-bond acceptors (Lipinski definition) is 5. The highest BCUT2D eigenvalue weighted by Gasteiger charge is 2.47. The Labute approximate surface area is 130 Å². The number of carbonyl (C=O) groups excluding carboxylic acids is 1. The number of carbonyl (C=O) groups is 1. The Morgan fingerprint density at radius 2 is 1.91 bits per heavy atom. The Morgan fingerprint density at radius 3 is 2.50 bits per heavy atom. The standard InChI is InChI=1S/C16H24N2O4/c1-20-13-12(10-17)22-15(14(13)21-2)16(19)18-9-8-11-6-4-3-5-7-11/h3-7,12-15H,8-10,17H2,1-2H3,(H,18,19)/t12-,13-,14+,15?/m1/s1. The van der Waals surface area contributed by atoms with Crippen molar-refractivity contribution in [1.29, 1.82) is 0 Å². The largest absolute Gasteiger partial charge is 0.376 e. The van der Waals surface area contributed by atoms with E-state index in [0.29, 0.717) is 6.54 Å². The molecule has 0 aromatic heterocycles. The average Bonchev–Trinajstić information content (AvgIpc) is 2.93. The smallest absolute Gasteiger partial charge is 0.251 e. The quantitative estimate of drug-likeness (QED) is 0.746. The van der Waals surface area contributed by atoms with Gasteiger partial charge in [-0.1, -0.05) is 30.3 Å². The maximum atomic E-state index is 12.3. The van der Waals surface area contributed by atoms with Crippen molar-refractivity contribution in [2.24, 2.45) is 5.73 Å². The Hall–Kier alpha value is -1.47. The molecule has 1 amide bonds. The third-order valence-corrected chi connectivity index (χ3v) is 3.90. The molecular weight excluding hydrogens is 284 g/mol. The fourth-order valence-electron chi connectivity index (χ4n) is 2.75. The van der Waals surface area contributed by atoms with E-state index in [2.05, 4.69) is 5.32 Å². The first-order valence-electron chi connectivity index (χ1n) is 7.44. The van der Waals surface area contributed by atoms with Gasteiger partial charge in [-0.3, -0.25) is 4.79 Å². The second-order valence-electron chi connectivity index (χ2n) is 5.26. The summed E-state index contributed by atoms with van der Waals surface area (Å²) in [5, 5.41) is 2.89. The van der Waals surface area contributed by atoms with Crippen molar-refractivity contribution in [3.63, 3.8) is 0 Å². The van der Waals surface area contributed by atoms with Crippen LogP contribution in [0.1, 0.15) is 5.56 Å². The first-order valence-corrected chi connectivity index (χ1v) is 7.44. The van der Waals surface area contributed by atoms with Crippen molar-refractivity contribution in [3.8, 4) is 0 Å². The molecular formula is C16H24N2O4. The van der Waals surface area contributed by atoms with Gasteiger partial charge in [0.25, 0.3) is 5.91 Å². The lowest BCUT2D eigenvalue weighted by Crippen LogP contribution is -2.45. The number of hydrogen-bond donors (Lipinski definition) is 2. The summed E-state index contributed by atoms with van der Waals surface area (Å²) in [5.74, 6) is -0.194. The van der Waals surface area contributed by atoms with Gasteiger partial charge in [0, 0.05) is 27.3 Å². The van der Waals surface area contributed by atoms with Crippen LogP contribution in [0, 0.1) is 0 Å². The Bertz CT molecular complexity index is 468. The molecule has 1 aromatic carbocycles. The molecule has 1 fully saturated rings. The number of benzene rings is 1. The molecule has 22 heavy (non-hydrogen) atoms. The summed E-state index contributed by atoms with van der Waals surface area (Å²) in [6, 6.07) is 9.99. The zero-order valence-corrected chi connectivity index (χ0v) is 13.0. The van der Waals surface area contributed by atoms with Crippen molar-refractivity contribution in [2.75, 3.05) is 27.3 Å². The molecule has 1 heterocycles. The summed E-state index contributed by atoms with van der Waals surface area (Å²) in [6.45, 7) is 0.830. The van der Waals surface area contributed by atoms with Crippen LogP contribution in [0.3, 0.4) is 0 Å². The minimum atomic E-state index is -0.695. The molecule has 122 valence electrons. The third-order valence-electron chi connectivity index (χ3n) is 3.90. The minimum absolute atomic E-state index is 0.194. The van der Waals surface area contributed by atoms with Crippen molar-refractivity contribution in [2.45, 2.75) is 30.8 Å². The lowest BCUT2D eigenvalue weighted by molar-refractivity contribution is -0.136. The minimum Gasteiger partial charge on any atom is -0.376 e. The molecule has 0 aliphatic carbocycles. The summed E-state index contributed by atoms with van der Waals surface area (Å²) >= 11 is 0. The average molecular weight is 308 g/mol. The van der Waals surface area contributed by atoms with E-state index in [9.17, 15) is 4.79 Å². The molecule has 3 N–H and O–H groups in total. The summed E-state index contributed by atoms with van der Waals surface area (Å²) in [6.07, 6.45) is -1.04. The molecule has 1 saturated heterocycles. The number of amides is 1. The Balaban J connectivity index is 1.88. The summed E-state index contributed by atoms with van der Waals surface area (Å²) in [7, 11) is 3.11. The molecule has 0 bridgehead atoms. The number of ether oxygens (including phenoxy) is 3. The van der Waals surface area contributed by atoms with Crippen LogP contribution >= 0.6 is 0 Å². The van der Waals surface area contributed by atoms with E-state index in [1.54, 1.807) is 14.2 Å². The van der Waals surface area contributed by atoms with Crippen molar-refractivity contribution in [1.82, 2.24) is 5.32 Å². The van der Waals surface area contributed by atoms with Crippen LogP contribution in [-0.2, 0) is 25.4 Å². The predicted molar refractivity (Wildman–Crippen MR) is 82.5 cm³/mol. The van der Waals surface area contributed by atoms with Gasteiger partial charge in [-0.05, 0) is 12.0 Å². The highest BCUT2D eigenvalue weighted by atomic mass is 16.6. The maximum Gasteiger partial charge on any atom is 0.251 e. The normalized spacial score (nSPS) is 27.8. The third kappa shape index (κ3) is 3.84. The number of methoxy groups -OCH3 is 2. The van der Waals surface area contributed by atoms with Gasteiger partial charge < -0.3 is 25.3 Å². The fourth-order valence-corrected chi connectivity index (χ4v) is 2.75. The van der Waals surface area contributed by atoms with E-state index < -0.39 is 12.2 Å². The number of rotatable bonds is 7. The second-order valence-corrected chi connectivity index (χ2v) is 5.26. The highest BCUT2D eigenvalue weighted by molar-refractivity contribution is 5.82. The SMILES string of the molecule is CO[C@H]1[C@H](OC)C(C(=O)NCCc2ccccc2)O[C@@H]1CN. The van der Waals surface area contributed by atoms with E-state index in [-0.39, 0.29) is 24.7 Å². The molecule has 6 heteroatoms. The van der Waals surface area contributed by atoms with Gasteiger partial charge in [-0.25, -0.2) is 0 Å². The predicted octanol–water partition coefficient (Wildman–Crippen LogP) is 0.101. The zero-order chi connectivity index (χ0) is 15.9. The summed E-state index contributed by atoms with van der Waals surface area (Å²) < 4.78 is 16.4. The van der Waals surface area contributed by atoms with Gasteiger partial charge in [0.1, 0.15) is 12.2 Å². The van der Waals surface area contributed by atoms with E-state index >= 15 is 0 Å². The first-order chi connectivity index (χ1) is 10.7. The number of nitrogens with two attached hydrogens (primary N) is 1. The second kappa shape index (κ2) is 8.24. The van der Waals surface area contributed by atoms with Gasteiger partial charge in [-0.2, -0.15) is 0 Å². The molecule has 0 saturated carbocycles. The van der Waals surface area contributed by atoms with Crippen LogP contribution in [0.25, 0.3) is 0 Å². The highest BCUT2D eigenvalue weighted by Crippen LogP contribution is 2.25. The van der Waals surface area contributed by atoms with Gasteiger partial charge in [-0.15, -0.1) is 0 Å². The fraction of sp³-hybridized carbons (Fsp3) is 0.562. The van der Waals surface area contributed by atoms with Crippen molar-refractivity contribution < 1.29 is 19.0 Å². The zero-order valence-electron chi connectivity index (χ0n) is 13.0. The topological polar surface area (TPSA) is 82.8 Å². The van der Waals surface area contributed by atoms with Crippen molar-refractivity contribution in [3.05, 3.63) is 35.9 Å². The molecule has 1 aliphatic heterocycles. The molecule has 1 unspecified atom stereocenters. The van der Waals surface area contributed by atoms with E-state index in [4.69, 9.17) is 19.9 Å². The maximum absolute atomic E-state index is 12.3. The molecule has 1 aliphatic rings. The van der Waals surface area contributed by atoms with Crippen LogP contribution in [0.2, 0.25) is 0 Å². The Kier molecular flexibility index (Phi) is 6.33. The van der Waals surface area contributed by atoms with E-state index in [1.165, 1.54) is 5.56 Å². The van der Waals surface area contributed by atoms with Gasteiger partial charge in [0.2, 0.25) is 0 Å². The Morgan fingerprint density at radius 1 is 1.23 bits per heavy atom. The van der Waals surface area contributed by atoms with Crippen LogP contribution in [-0.4, -0.2) is 57.6 Å². The van der Waals surface area contributed by atoms with Crippen LogP contribution < -0.4 is 11.1 Å². The van der Waals surface area contributed by atoms with Gasteiger partial charge in [0.15, 0.2) is 6.10 Å². The monoisotopic (exact) mass is 308 g/mol. The summed E-state index contributed by atoms with van der Waals surface area (Å²) in [4.78, 5) is 12.3. The van der Waals surface area contributed by atoms with Gasteiger partial charge in [0.05, 0.1) is 6.10 Å². The summed E-state index contributed by atoms with van der Waals surface area (Å²) in [5.41, 5.74) is 6.84. The van der Waals surface area contributed by atoms with Gasteiger partial charge >= 0.3 is 0 Å². The molecule has 0 spiro atoms. The van der Waals surface area contributed by atoms with Crippen LogP contribution in [0.5, 0.6) is 0 Å². The number of nitrogens with one attached hydrogen (secondary N) is 1.